The number of rotatable bonds is 58. The Morgan fingerprint density at radius 3 is 1.27 bits per heavy atom. The molecule has 8 atom stereocenters. The molecule has 0 aliphatic carbocycles. The van der Waals surface area contributed by atoms with Crippen LogP contribution in [-0.4, -0.2) is 99.6 Å². The molecule has 11 heteroatoms. The second kappa shape index (κ2) is 59.2. The zero-order chi connectivity index (χ0) is 60.3. The Morgan fingerprint density at radius 1 is 0.470 bits per heavy atom. The molecule has 1 rings (SSSR count). The van der Waals surface area contributed by atoms with E-state index in [2.05, 4.69) is 99.0 Å². The molecule has 0 spiro atoms. The molecule has 0 aromatic heterocycles. The standard InChI is InChI=1S/C72H127NO10/c1-4-7-10-13-16-19-22-24-26-28-29-30-31-32-33-34-35-36-37-38-40-42-45-48-51-54-57-60-67(77)83-70-69(79)68(78)66(61-74)82-72(70)81-62-63(64(75)58-55-52-49-46-43-21-18-15-12-9-6-3)73-71(80)65(76)59-56-53-50-47-44-41-39-27-25-23-20-17-14-11-8-5-2/h16-17,19-20,24-27,29-30,32-33,55,58,63-66,68-70,72,74-76,78-79H,4-15,18,21-23,28,31,34-54,56-57,59-62H2,1-3H3,(H,73,80)/b19-16-,20-17-,26-24-,27-25-,30-29-,33-32-,58-55+. The summed E-state index contributed by atoms with van der Waals surface area (Å²) in [5.41, 5.74) is 0. The Labute approximate surface area is 508 Å². The van der Waals surface area contributed by atoms with Gasteiger partial charge in [-0.1, -0.05) is 273 Å². The fraction of sp³-hybridized carbons (Fsp3) is 0.778. The Bertz CT molecular complexity index is 1670. The highest BCUT2D eigenvalue weighted by Crippen LogP contribution is 2.26. The van der Waals surface area contributed by atoms with Gasteiger partial charge < -0.3 is 45.1 Å². The molecule has 1 aliphatic heterocycles. The van der Waals surface area contributed by atoms with Crippen molar-refractivity contribution >= 4 is 11.9 Å². The monoisotopic (exact) mass is 1170 g/mol. The topological polar surface area (TPSA) is 175 Å². The maximum atomic E-state index is 13.4. The minimum absolute atomic E-state index is 0.116. The van der Waals surface area contributed by atoms with Gasteiger partial charge in [-0.3, -0.25) is 9.59 Å². The summed E-state index contributed by atoms with van der Waals surface area (Å²) < 4.78 is 17.7. The zero-order valence-electron chi connectivity index (χ0n) is 53.3. The van der Waals surface area contributed by atoms with Gasteiger partial charge in [0, 0.05) is 6.42 Å². The number of carbonyl (C=O) groups excluding carboxylic acids is 2. The molecule has 83 heavy (non-hydrogen) atoms. The molecular weight excluding hydrogens is 1040 g/mol. The van der Waals surface area contributed by atoms with Crippen LogP contribution in [0.2, 0.25) is 0 Å². The largest absolute Gasteiger partial charge is 0.454 e. The summed E-state index contributed by atoms with van der Waals surface area (Å²) in [6.45, 7) is 5.74. The lowest BCUT2D eigenvalue weighted by molar-refractivity contribution is -0.305. The molecular formula is C72H127NO10. The number of amides is 1. The summed E-state index contributed by atoms with van der Waals surface area (Å²) in [6.07, 6.45) is 67.6. The quantitative estimate of drug-likeness (QED) is 0.0195. The first-order valence-corrected chi connectivity index (χ1v) is 34.4. The van der Waals surface area contributed by atoms with Gasteiger partial charge in [-0.05, 0) is 103 Å². The average Bonchev–Trinajstić information content (AvgIpc) is 3.68. The molecule has 0 saturated carbocycles. The number of allylic oxidation sites excluding steroid dienone is 13. The smallest absolute Gasteiger partial charge is 0.306 e. The van der Waals surface area contributed by atoms with E-state index in [1.807, 2.05) is 6.08 Å². The normalized spacial score (nSPS) is 19.1. The van der Waals surface area contributed by atoms with E-state index in [0.29, 0.717) is 12.8 Å². The maximum Gasteiger partial charge on any atom is 0.306 e. The van der Waals surface area contributed by atoms with Crippen molar-refractivity contribution in [2.45, 2.75) is 346 Å². The van der Waals surface area contributed by atoms with Crippen LogP contribution in [0.5, 0.6) is 0 Å². The number of aliphatic hydroxyl groups excluding tert-OH is 5. The highest BCUT2D eigenvalue weighted by atomic mass is 16.7. The minimum Gasteiger partial charge on any atom is -0.454 e. The van der Waals surface area contributed by atoms with Gasteiger partial charge in [-0.25, -0.2) is 0 Å². The van der Waals surface area contributed by atoms with Crippen LogP contribution >= 0.6 is 0 Å². The van der Waals surface area contributed by atoms with E-state index in [1.165, 1.54) is 141 Å². The van der Waals surface area contributed by atoms with Crippen molar-refractivity contribution < 1.29 is 49.3 Å². The van der Waals surface area contributed by atoms with Crippen molar-refractivity contribution in [1.29, 1.82) is 0 Å². The third-order valence-electron chi connectivity index (χ3n) is 15.8. The van der Waals surface area contributed by atoms with Crippen LogP contribution in [0.4, 0.5) is 0 Å². The first kappa shape index (κ1) is 77.9. The predicted octanol–water partition coefficient (Wildman–Crippen LogP) is 17.3. The Balaban J connectivity index is 2.56. The van der Waals surface area contributed by atoms with Crippen molar-refractivity contribution in [2.75, 3.05) is 13.2 Å². The molecule has 1 saturated heterocycles. The van der Waals surface area contributed by atoms with Crippen LogP contribution in [0.15, 0.2) is 85.1 Å². The van der Waals surface area contributed by atoms with Gasteiger partial charge >= 0.3 is 5.97 Å². The van der Waals surface area contributed by atoms with Gasteiger partial charge in [0.2, 0.25) is 5.91 Å². The number of esters is 1. The number of carbonyl (C=O) groups is 2. The van der Waals surface area contributed by atoms with Gasteiger partial charge in [-0.2, -0.15) is 0 Å². The molecule has 1 fully saturated rings. The summed E-state index contributed by atoms with van der Waals surface area (Å²) in [4.78, 5) is 26.6. The van der Waals surface area contributed by atoms with Gasteiger partial charge in [0.15, 0.2) is 12.4 Å². The molecule has 6 N–H and O–H groups in total. The lowest BCUT2D eigenvalue weighted by Crippen LogP contribution is -2.61. The average molecular weight is 1170 g/mol. The summed E-state index contributed by atoms with van der Waals surface area (Å²) >= 11 is 0. The van der Waals surface area contributed by atoms with Crippen molar-refractivity contribution in [3.63, 3.8) is 0 Å². The summed E-state index contributed by atoms with van der Waals surface area (Å²) in [5, 5.41) is 57.1. The number of ether oxygens (including phenoxy) is 3. The summed E-state index contributed by atoms with van der Waals surface area (Å²) in [7, 11) is 0. The predicted molar refractivity (Wildman–Crippen MR) is 347 cm³/mol. The van der Waals surface area contributed by atoms with Gasteiger partial charge in [0.25, 0.3) is 0 Å². The van der Waals surface area contributed by atoms with Crippen molar-refractivity contribution in [1.82, 2.24) is 5.32 Å². The first-order chi connectivity index (χ1) is 40.7. The molecule has 1 heterocycles. The van der Waals surface area contributed by atoms with E-state index in [-0.39, 0.29) is 19.4 Å². The Kier molecular flexibility index (Phi) is 55.5. The Hall–Kier alpha value is -3.16. The second-order valence-corrected chi connectivity index (χ2v) is 23.6. The van der Waals surface area contributed by atoms with Crippen LogP contribution in [-0.2, 0) is 23.8 Å². The lowest BCUT2D eigenvalue weighted by Gasteiger charge is -2.41. The number of hydrogen-bond donors (Lipinski definition) is 6. The van der Waals surface area contributed by atoms with Crippen molar-refractivity contribution in [3.05, 3.63) is 85.1 Å². The van der Waals surface area contributed by atoms with Gasteiger partial charge in [0.05, 0.1) is 25.4 Å². The van der Waals surface area contributed by atoms with E-state index in [4.69, 9.17) is 14.2 Å². The molecule has 1 aliphatic rings. The van der Waals surface area contributed by atoms with Crippen LogP contribution in [0.1, 0.15) is 297 Å². The highest BCUT2D eigenvalue weighted by Gasteiger charge is 2.47. The zero-order valence-corrected chi connectivity index (χ0v) is 53.3. The van der Waals surface area contributed by atoms with Gasteiger partial charge in [-0.15, -0.1) is 0 Å². The van der Waals surface area contributed by atoms with E-state index >= 15 is 0 Å². The minimum atomic E-state index is -1.62. The summed E-state index contributed by atoms with van der Waals surface area (Å²) in [5.74, 6) is -1.20. The molecule has 0 aromatic carbocycles. The highest BCUT2D eigenvalue weighted by molar-refractivity contribution is 5.80. The fourth-order valence-corrected chi connectivity index (χ4v) is 10.3. The third-order valence-corrected chi connectivity index (χ3v) is 15.8. The maximum absolute atomic E-state index is 13.4. The number of unbranched alkanes of at least 4 members (excludes halogenated alkanes) is 32. The van der Waals surface area contributed by atoms with Gasteiger partial charge in [0.1, 0.15) is 24.4 Å². The fourth-order valence-electron chi connectivity index (χ4n) is 10.3. The van der Waals surface area contributed by atoms with E-state index < -0.39 is 67.4 Å². The SMILES string of the molecule is CCCCC/C=C\C/C=C\C/C=C\C/C=C\CCCCCCCCCCCCCC(=O)OC1C(OCC(NC(=O)C(O)CCCCCCCC/C=C\C/C=C\CCCCC)C(O)/C=C/CCCCCCCCCCC)OC(CO)C(O)C1O. The first-order valence-electron chi connectivity index (χ1n) is 34.4. The second-order valence-electron chi connectivity index (χ2n) is 23.6. The van der Waals surface area contributed by atoms with E-state index in [1.54, 1.807) is 6.08 Å². The number of aliphatic hydroxyl groups is 5. The number of nitrogens with one attached hydrogen (secondary N) is 1. The Morgan fingerprint density at radius 2 is 0.831 bits per heavy atom. The molecule has 11 nitrogen and oxygen atoms in total. The lowest BCUT2D eigenvalue weighted by atomic mass is 9.99. The van der Waals surface area contributed by atoms with E-state index in [9.17, 15) is 35.1 Å². The van der Waals surface area contributed by atoms with Crippen LogP contribution in [0.3, 0.4) is 0 Å². The van der Waals surface area contributed by atoms with Crippen LogP contribution in [0.25, 0.3) is 0 Å². The molecule has 1 amide bonds. The molecule has 0 radical (unpaired) electrons. The van der Waals surface area contributed by atoms with Crippen LogP contribution in [0, 0.1) is 0 Å². The van der Waals surface area contributed by atoms with Crippen molar-refractivity contribution in [3.8, 4) is 0 Å². The number of hydrogen-bond acceptors (Lipinski definition) is 10. The van der Waals surface area contributed by atoms with E-state index in [0.717, 1.165) is 109 Å². The molecule has 480 valence electrons. The molecule has 0 bridgehead atoms. The van der Waals surface area contributed by atoms with Crippen LogP contribution < -0.4 is 5.32 Å². The third kappa shape index (κ3) is 46.7. The molecule has 8 unspecified atom stereocenters. The summed E-state index contributed by atoms with van der Waals surface area (Å²) in [6, 6.07) is -1.03. The van der Waals surface area contributed by atoms with Crippen molar-refractivity contribution in [2.24, 2.45) is 0 Å². The molecule has 0 aromatic rings.